The van der Waals surface area contributed by atoms with Crippen molar-refractivity contribution in [3.63, 3.8) is 0 Å². The van der Waals surface area contributed by atoms with Crippen LogP contribution in [0.15, 0.2) is 71.9 Å². The van der Waals surface area contributed by atoms with Gasteiger partial charge in [-0.3, -0.25) is 19.9 Å². The summed E-state index contributed by atoms with van der Waals surface area (Å²) in [5.41, 5.74) is 3.00. The van der Waals surface area contributed by atoms with Crippen LogP contribution in [-0.2, 0) is 44.1 Å². The van der Waals surface area contributed by atoms with Crippen LogP contribution in [0.3, 0.4) is 0 Å². The molecule has 0 spiro atoms. The lowest BCUT2D eigenvalue weighted by molar-refractivity contribution is -0.146. The highest BCUT2D eigenvalue weighted by Gasteiger charge is 2.32. The van der Waals surface area contributed by atoms with Crippen LogP contribution < -0.4 is 29.0 Å². The molecule has 5 rings (SSSR count). The number of pyridine rings is 1. The predicted molar refractivity (Wildman–Crippen MR) is 194 cm³/mol. The van der Waals surface area contributed by atoms with Crippen LogP contribution in [0.1, 0.15) is 35.6 Å². The number of aliphatic carboxylic acids is 1. The molecule has 0 unspecified atom stereocenters. The molecule has 1 atom stereocenters. The molecule has 0 saturated heterocycles. The summed E-state index contributed by atoms with van der Waals surface area (Å²) in [5, 5.41) is 22.5. The third kappa shape index (κ3) is 9.74. The Morgan fingerprint density at radius 2 is 1.74 bits per heavy atom. The van der Waals surface area contributed by atoms with E-state index in [1.807, 2.05) is 43.3 Å². The number of carbonyl (C=O) groups excluding carboxylic acids is 1. The van der Waals surface area contributed by atoms with E-state index >= 15 is 0 Å². The number of benzene rings is 3. The van der Waals surface area contributed by atoms with Crippen LogP contribution in [0.25, 0.3) is 11.1 Å². The number of hydrogen-bond acceptors (Lipinski definition) is 12. The van der Waals surface area contributed by atoms with E-state index in [2.05, 4.69) is 19.8 Å². The highest BCUT2D eigenvalue weighted by molar-refractivity contribution is 7.89. The maximum Gasteiger partial charge on any atom is 0.326 e. The summed E-state index contributed by atoms with van der Waals surface area (Å²) in [5.74, 6) is 0.100. The average molecular weight is 770 g/mol. The summed E-state index contributed by atoms with van der Waals surface area (Å²) in [6.07, 6.45) is 2.45. The van der Waals surface area contributed by atoms with Crippen LogP contribution in [0.5, 0.6) is 23.0 Å². The minimum Gasteiger partial charge on any atom is -0.488 e. The van der Waals surface area contributed by atoms with Crippen molar-refractivity contribution in [1.29, 1.82) is 0 Å². The third-order valence-corrected chi connectivity index (χ3v) is 10.3. The van der Waals surface area contributed by atoms with E-state index in [1.54, 1.807) is 12.1 Å². The molecule has 1 aliphatic rings. The fourth-order valence-electron chi connectivity index (χ4n) is 5.29. The summed E-state index contributed by atoms with van der Waals surface area (Å²) in [7, 11) is -2.79. The van der Waals surface area contributed by atoms with Gasteiger partial charge in [0.25, 0.3) is 0 Å². The number of carboxylic acids is 1. The first-order valence-corrected chi connectivity index (χ1v) is 18.4. The monoisotopic (exact) mass is 769 g/mol. The van der Waals surface area contributed by atoms with Crippen molar-refractivity contribution in [2.24, 2.45) is 0 Å². The van der Waals surface area contributed by atoms with Gasteiger partial charge >= 0.3 is 11.9 Å². The van der Waals surface area contributed by atoms with E-state index in [0.29, 0.717) is 35.8 Å². The largest absolute Gasteiger partial charge is 0.488 e. The quantitative estimate of drug-likeness (QED) is 0.111. The van der Waals surface area contributed by atoms with Crippen LogP contribution in [0.4, 0.5) is 0 Å². The number of carbonyl (C=O) groups is 2. The van der Waals surface area contributed by atoms with Gasteiger partial charge in [-0.15, -0.1) is 0 Å². The number of nitrogens with zero attached hydrogens (tertiary/aromatic N) is 1. The van der Waals surface area contributed by atoms with E-state index in [-0.39, 0.29) is 54.1 Å². The molecule has 282 valence electrons. The Morgan fingerprint density at radius 1 is 0.981 bits per heavy atom. The maximum atomic E-state index is 12.8. The molecule has 3 aromatic carbocycles. The number of esters is 1. The van der Waals surface area contributed by atoms with Crippen LogP contribution >= 0.6 is 11.6 Å². The van der Waals surface area contributed by atoms with Crippen molar-refractivity contribution in [2.45, 2.75) is 50.5 Å². The van der Waals surface area contributed by atoms with Crippen LogP contribution in [-0.4, -0.2) is 74.6 Å². The lowest BCUT2D eigenvalue weighted by Crippen LogP contribution is -2.52. The number of aliphatic hydroxyl groups is 1. The van der Waals surface area contributed by atoms with Crippen molar-refractivity contribution in [3.05, 3.63) is 94.3 Å². The Hall–Kier alpha value is -4.93. The molecule has 1 aromatic heterocycles. The third-order valence-electron chi connectivity index (χ3n) is 8.58. The number of halogens is 1. The number of aliphatic hydroxyl groups excluding tert-OH is 1. The molecule has 4 N–H and O–H groups in total. The van der Waals surface area contributed by atoms with Gasteiger partial charge in [0.05, 0.1) is 25.2 Å². The molecule has 53 heavy (non-hydrogen) atoms. The van der Waals surface area contributed by atoms with Crippen molar-refractivity contribution in [2.75, 3.05) is 33.5 Å². The zero-order valence-electron chi connectivity index (χ0n) is 29.3. The summed E-state index contributed by atoms with van der Waals surface area (Å²) in [4.78, 5) is 27.2. The molecule has 0 radical (unpaired) electrons. The number of carboxylic acid groups (broad SMARTS) is 1. The summed E-state index contributed by atoms with van der Waals surface area (Å²) >= 11 is 6.69. The molecule has 0 amide bonds. The van der Waals surface area contributed by atoms with E-state index < -0.39 is 34.1 Å². The molecular formula is C37H40ClN3O11S. The first-order chi connectivity index (χ1) is 25.3. The van der Waals surface area contributed by atoms with Crippen LogP contribution in [0, 0.1) is 6.92 Å². The van der Waals surface area contributed by atoms with Crippen molar-refractivity contribution >= 4 is 33.6 Å². The van der Waals surface area contributed by atoms with Gasteiger partial charge in [-0.05, 0) is 60.4 Å². The van der Waals surface area contributed by atoms with Crippen molar-refractivity contribution < 1.29 is 51.9 Å². The van der Waals surface area contributed by atoms with E-state index in [4.69, 9.17) is 30.5 Å². The lowest BCUT2D eigenvalue weighted by Gasteiger charge is -2.25. The molecule has 16 heteroatoms. The first-order valence-electron chi connectivity index (χ1n) is 16.5. The van der Waals surface area contributed by atoms with Crippen molar-refractivity contribution in [1.82, 2.24) is 15.0 Å². The fraction of sp³-hybridized carbons (Fsp3) is 0.324. The smallest absolute Gasteiger partial charge is 0.326 e. The maximum absolute atomic E-state index is 12.8. The number of aromatic nitrogens is 1. The average Bonchev–Trinajstić information content (AvgIpc) is 3.16. The van der Waals surface area contributed by atoms with Crippen molar-refractivity contribution in [3.8, 4) is 34.1 Å². The van der Waals surface area contributed by atoms with Gasteiger partial charge in [-0.1, -0.05) is 35.9 Å². The number of hydrogen-bond donors (Lipinski definition) is 4. The van der Waals surface area contributed by atoms with Gasteiger partial charge in [0.15, 0.2) is 11.5 Å². The summed E-state index contributed by atoms with van der Waals surface area (Å²) < 4.78 is 56.4. The number of rotatable bonds is 17. The van der Waals surface area contributed by atoms with Gasteiger partial charge in [-0.2, -0.15) is 0 Å². The first kappa shape index (κ1) is 39.3. The molecule has 4 aromatic rings. The minimum absolute atomic E-state index is 0.0633. The Morgan fingerprint density at radius 3 is 2.47 bits per heavy atom. The van der Waals surface area contributed by atoms with Gasteiger partial charge < -0.3 is 33.9 Å². The zero-order chi connectivity index (χ0) is 38.2. The number of ether oxygens (including phenoxy) is 5. The van der Waals surface area contributed by atoms with E-state index in [1.165, 1.54) is 32.5 Å². The molecule has 0 bridgehead atoms. The molecule has 1 aliphatic heterocycles. The topological polar surface area (TPSA) is 192 Å². The molecule has 0 fully saturated rings. The second-order valence-corrected chi connectivity index (χ2v) is 14.5. The van der Waals surface area contributed by atoms with Crippen LogP contribution in [0.2, 0.25) is 5.02 Å². The predicted octanol–water partition coefficient (Wildman–Crippen LogP) is 4.41. The minimum atomic E-state index is -4.00. The Balaban J connectivity index is 1.37. The zero-order valence-corrected chi connectivity index (χ0v) is 30.9. The molecular weight excluding hydrogens is 730 g/mol. The summed E-state index contributed by atoms with van der Waals surface area (Å²) in [6, 6.07) is 16.2. The second-order valence-electron chi connectivity index (χ2n) is 12.3. The number of fused-ring (bicyclic) bond motifs is 1. The second kappa shape index (κ2) is 17.3. The van der Waals surface area contributed by atoms with Gasteiger partial charge in [-0.25, -0.2) is 13.1 Å². The van der Waals surface area contributed by atoms with Gasteiger partial charge in [0.1, 0.15) is 48.4 Å². The Kier molecular flexibility index (Phi) is 12.8. The normalized spacial score (nSPS) is 13.5. The highest BCUT2D eigenvalue weighted by atomic mass is 35.5. The Bertz CT molecular complexity index is 2080. The highest BCUT2D eigenvalue weighted by Crippen LogP contribution is 2.37. The summed E-state index contributed by atoms with van der Waals surface area (Å²) in [6.45, 7) is 3.42. The molecule has 0 aliphatic carbocycles. The van der Waals surface area contributed by atoms with E-state index in [9.17, 15) is 28.2 Å². The Labute approximate surface area is 312 Å². The molecule has 0 saturated carbocycles. The molecule has 2 heterocycles. The number of nitrogens with one attached hydrogen (secondary N) is 2. The lowest BCUT2D eigenvalue weighted by atomic mass is 9.96. The number of sulfonamides is 1. The molecule has 14 nitrogen and oxygen atoms in total. The van der Waals surface area contributed by atoms with Gasteiger partial charge in [0.2, 0.25) is 10.0 Å². The standard InChI is InChI=1S/C37H40ClN3O11S/c1-23-26(5-4-6-29(23)25-7-8-31-34(15-25)50-12-11-49-31)21-52-33-16-32(27(14-30(33)38)18-40-37(2,22-42)36(44)45)51-20-24-13-28(19-39-17-24)53(46,47)41-10-9-35(43)48-3/h4-8,13-17,19,40-42H,9-12,18,20-22H2,1-3H3,(H,44,45)/t37-/m0/s1. The van der Waals surface area contributed by atoms with Gasteiger partial charge in [0, 0.05) is 42.7 Å². The fourth-order valence-corrected chi connectivity index (χ4v) is 6.58. The SMILES string of the molecule is COC(=O)CCNS(=O)(=O)c1cncc(COc2cc(OCc3cccc(-c4ccc5c(c4)OCCO5)c3C)c(Cl)cc2CN[C@@](C)(CO)C(=O)O)c1. The number of methoxy groups -OCH3 is 1. The van der Waals surface area contributed by atoms with E-state index in [0.717, 1.165) is 22.3 Å².